The summed E-state index contributed by atoms with van der Waals surface area (Å²) in [5.41, 5.74) is 1.17. The fraction of sp³-hybridized carbons (Fsp3) is 0.500. The van der Waals surface area contributed by atoms with Gasteiger partial charge in [-0.15, -0.1) is 4.89 Å². The van der Waals surface area contributed by atoms with Crippen LogP contribution in [0, 0.1) is 0 Å². The number of aromatic hydroxyl groups is 2. The normalized spacial score (nSPS) is 12.1. The standard InChI is InChI=1S/C12H17O5P/c1-6(2)10-8(13)5-9(17-18(15)16)12(14)11(10)7(3)4/h5-7H,1-4H3,(H2-,13,14,15,16)/p+1. The monoisotopic (exact) mass is 273 g/mol. The second kappa shape index (κ2) is 5.55. The zero-order chi connectivity index (χ0) is 14.0. The third-order valence-corrected chi connectivity index (χ3v) is 3.01. The quantitative estimate of drug-likeness (QED) is 0.578. The van der Waals surface area contributed by atoms with Crippen molar-refractivity contribution >= 4 is 8.25 Å². The Morgan fingerprint density at radius 1 is 1.11 bits per heavy atom. The van der Waals surface area contributed by atoms with Crippen LogP contribution in [-0.4, -0.2) is 15.1 Å². The molecule has 0 aliphatic rings. The van der Waals surface area contributed by atoms with Crippen LogP contribution in [0.3, 0.4) is 0 Å². The highest BCUT2D eigenvalue weighted by Crippen LogP contribution is 2.46. The van der Waals surface area contributed by atoms with Crippen LogP contribution >= 0.6 is 8.25 Å². The molecular formula is C12H18O5P+. The van der Waals surface area contributed by atoms with Crippen molar-refractivity contribution in [1.29, 1.82) is 0 Å². The van der Waals surface area contributed by atoms with E-state index in [0.717, 1.165) is 0 Å². The maximum atomic E-state index is 10.7. The van der Waals surface area contributed by atoms with E-state index >= 15 is 0 Å². The van der Waals surface area contributed by atoms with Gasteiger partial charge in [0.1, 0.15) is 5.75 Å². The number of rotatable bonds is 4. The fourth-order valence-electron chi connectivity index (χ4n) is 2.01. The molecule has 0 aromatic heterocycles. The Labute approximate surface area is 107 Å². The highest BCUT2D eigenvalue weighted by atomic mass is 31.1. The molecule has 0 radical (unpaired) electrons. The molecule has 6 heteroatoms. The van der Waals surface area contributed by atoms with Crippen LogP contribution in [0.25, 0.3) is 0 Å². The van der Waals surface area contributed by atoms with Gasteiger partial charge in [0.15, 0.2) is 5.75 Å². The highest BCUT2D eigenvalue weighted by Gasteiger charge is 2.27. The van der Waals surface area contributed by atoms with Crippen LogP contribution in [-0.2, 0) is 4.57 Å². The van der Waals surface area contributed by atoms with Gasteiger partial charge in [0, 0.05) is 21.8 Å². The Morgan fingerprint density at radius 2 is 1.61 bits per heavy atom. The largest absolute Gasteiger partial charge is 0.747 e. The maximum absolute atomic E-state index is 10.7. The smallest absolute Gasteiger partial charge is 0.508 e. The van der Waals surface area contributed by atoms with Crippen molar-refractivity contribution in [3.8, 4) is 17.2 Å². The predicted molar refractivity (Wildman–Crippen MR) is 68.4 cm³/mol. The summed E-state index contributed by atoms with van der Waals surface area (Å²) in [5, 5.41) is 20.0. The lowest BCUT2D eigenvalue weighted by molar-refractivity contribution is 0.380. The predicted octanol–water partition coefficient (Wildman–Crippen LogP) is 3.37. The van der Waals surface area contributed by atoms with Gasteiger partial charge in [-0.05, 0) is 11.8 Å². The summed E-state index contributed by atoms with van der Waals surface area (Å²) in [4.78, 5) is 8.72. The first-order chi connectivity index (χ1) is 8.25. The van der Waals surface area contributed by atoms with Gasteiger partial charge in [-0.1, -0.05) is 27.7 Å². The molecule has 0 spiro atoms. The van der Waals surface area contributed by atoms with E-state index in [1.165, 1.54) is 6.07 Å². The molecule has 0 bridgehead atoms. The van der Waals surface area contributed by atoms with Gasteiger partial charge in [-0.3, -0.25) is 0 Å². The molecule has 5 nitrogen and oxygen atoms in total. The molecule has 0 heterocycles. The molecule has 1 atom stereocenters. The maximum Gasteiger partial charge on any atom is 0.747 e. The molecule has 1 rings (SSSR count). The van der Waals surface area contributed by atoms with E-state index in [0.29, 0.717) is 11.1 Å². The first-order valence-electron chi connectivity index (χ1n) is 5.68. The van der Waals surface area contributed by atoms with Crippen LogP contribution in [0.5, 0.6) is 17.2 Å². The van der Waals surface area contributed by atoms with Crippen molar-refractivity contribution in [3.63, 3.8) is 0 Å². The molecule has 0 saturated carbocycles. The molecular weight excluding hydrogens is 255 g/mol. The van der Waals surface area contributed by atoms with E-state index < -0.39 is 8.25 Å². The Bertz CT molecular complexity index is 468. The van der Waals surface area contributed by atoms with Crippen molar-refractivity contribution in [1.82, 2.24) is 0 Å². The summed E-state index contributed by atoms with van der Waals surface area (Å²) in [5.74, 6) is -0.440. The lowest BCUT2D eigenvalue weighted by Gasteiger charge is -2.19. The summed E-state index contributed by atoms with van der Waals surface area (Å²) in [6.45, 7) is 7.52. The summed E-state index contributed by atoms with van der Waals surface area (Å²) in [6, 6.07) is 1.17. The van der Waals surface area contributed by atoms with Crippen molar-refractivity contribution in [2.45, 2.75) is 39.5 Å². The number of phenolic OH excluding ortho intramolecular Hbond substituents is 2. The zero-order valence-corrected chi connectivity index (χ0v) is 11.7. The molecule has 0 aliphatic heterocycles. The minimum Gasteiger partial charge on any atom is -0.508 e. The fourth-order valence-corrected chi connectivity index (χ4v) is 2.32. The van der Waals surface area contributed by atoms with Crippen molar-refractivity contribution in [2.75, 3.05) is 0 Å². The van der Waals surface area contributed by atoms with E-state index in [2.05, 4.69) is 4.52 Å². The molecule has 0 fully saturated rings. The third kappa shape index (κ3) is 2.92. The van der Waals surface area contributed by atoms with Gasteiger partial charge in [0.2, 0.25) is 5.75 Å². The Hall–Kier alpha value is -1.32. The molecule has 0 saturated heterocycles. The van der Waals surface area contributed by atoms with Crippen molar-refractivity contribution < 1.29 is 24.2 Å². The summed E-state index contributed by atoms with van der Waals surface area (Å²) >= 11 is 0. The summed E-state index contributed by atoms with van der Waals surface area (Å²) < 4.78 is 15.3. The topological polar surface area (TPSA) is 87.0 Å². The van der Waals surface area contributed by atoms with Crippen LogP contribution in [0.2, 0.25) is 0 Å². The summed E-state index contributed by atoms with van der Waals surface area (Å²) in [6.07, 6.45) is 0. The van der Waals surface area contributed by atoms with Crippen LogP contribution < -0.4 is 4.52 Å². The second-order valence-electron chi connectivity index (χ2n) is 4.71. The number of hydrogen-bond acceptors (Lipinski definition) is 4. The molecule has 100 valence electrons. The van der Waals surface area contributed by atoms with Crippen molar-refractivity contribution in [3.05, 3.63) is 17.2 Å². The molecule has 18 heavy (non-hydrogen) atoms. The molecule has 1 aromatic rings. The van der Waals surface area contributed by atoms with Crippen molar-refractivity contribution in [2.24, 2.45) is 0 Å². The Kier molecular flexibility index (Phi) is 4.54. The SMILES string of the molecule is CC(C)c1c(O)cc(O[P+](=O)O)c(O)c1C(C)C. The van der Waals surface area contributed by atoms with Gasteiger partial charge in [-0.25, -0.2) is 4.52 Å². The van der Waals surface area contributed by atoms with Gasteiger partial charge in [0.25, 0.3) is 0 Å². The molecule has 0 amide bonds. The van der Waals surface area contributed by atoms with Gasteiger partial charge in [-0.2, -0.15) is 0 Å². The molecule has 1 aromatic carbocycles. The van der Waals surface area contributed by atoms with E-state index in [1.807, 2.05) is 27.7 Å². The number of benzene rings is 1. The number of phenols is 2. The highest BCUT2D eigenvalue weighted by molar-refractivity contribution is 7.32. The first kappa shape index (κ1) is 14.7. The van der Waals surface area contributed by atoms with Gasteiger partial charge >= 0.3 is 8.25 Å². The molecule has 1 unspecified atom stereocenters. The average Bonchev–Trinajstić information content (AvgIpc) is 2.20. The second-order valence-corrected chi connectivity index (χ2v) is 5.37. The van der Waals surface area contributed by atoms with Crippen LogP contribution in [0.15, 0.2) is 6.07 Å². The average molecular weight is 273 g/mol. The lowest BCUT2D eigenvalue weighted by atomic mass is 9.88. The Morgan fingerprint density at radius 3 is 2.00 bits per heavy atom. The van der Waals surface area contributed by atoms with E-state index in [-0.39, 0.29) is 29.1 Å². The molecule has 0 aliphatic carbocycles. The Balaban J connectivity index is 3.50. The van der Waals surface area contributed by atoms with E-state index in [4.69, 9.17) is 4.89 Å². The molecule has 3 N–H and O–H groups in total. The minimum atomic E-state index is -2.88. The van der Waals surface area contributed by atoms with Gasteiger partial charge in [0.05, 0.1) is 0 Å². The third-order valence-electron chi connectivity index (χ3n) is 2.65. The lowest BCUT2D eigenvalue weighted by Crippen LogP contribution is -2.01. The number of hydrogen-bond donors (Lipinski definition) is 3. The van der Waals surface area contributed by atoms with Gasteiger partial charge < -0.3 is 10.2 Å². The summed E-state index contributed by atoms with van der Waals surface area (Å²) in [7, 11) is -2.88. The van der Waals surface area contributed by atoms with E-state index in [9.17, 15) is 14.8 Å². The zero-order valence-electron chi connectivity index (χ0n) is 10.8. The van der Waals surface area contributed by atoms with Crippen LogP contribution in [0.1, 0.15) is 50.7 Å². The minimum absolute atomic E-state index is 0.0187. The van der Waals surface area contributed by atoms with E-state index in [1.54, 1.807) is 0 Å². The first-order valence-corrected chi connectivity index (χ1v) is 6.81. The van der Waals surface area contributed by atoms with Crippen LogP contribution in [0.4, 0.5) is 0 Å².